The maximum atomic E-state index is 11.7. The van der Waals surface area contributed by atoms with Crippen LogP contribution in [0.25, 0.3) is 0 Å². The number of carbonyl (C=O) groups is 1. The van der Waals surface area contributed by atoms with Crippen LogP contribution in [0.2, 0.25) is 0 Å². The molecule has 0 aliphatic rings. The van der Waals surface area contributed by atoms with Gasteiger partial charge in [-0.2, -0.15) is 0 Å². The second-order valence-electron chi connectivity index (χ2n) is 5.93. The first-order valence-corrected chi connectivity index (χ1v) is 9.44. The van der Waals surface area contributed by atoms with Crippen molar-refractivity contribution in [3.63, 3.8) is 0 Å². The number of methoxy groups -OCH3 is 1. The Morgan fingerprint density at radius 1 is 1.32 bits per heavy atom. The first kappa shape index (κ1) is 21.2. The van der Waals surface area contributed by atoms with Crippen molar-refractivity contribution in [1.82, 2.24) is 15.5 Å². The molecular weight excluding hydrogens is 336 g/mol. The van der Waals surface area contributed by atoms with Gasteiger partial charge in [0.05, 0.1) is 7.11 Å². The highest BCUT2D eigenvalue weighted by molar-refractivity contribution is 7.99. The fourth-order valence-corrected chi connectivity index (χ4v) is 2.98. The fraction of sp³-hybridized carbons (Fsp3) is 0.556. The van der Waals surface area contributed by atoms with Crippen molar-refractivity contribution < 1.29 is 9.53 Å². The van der Waals surface area contributed by atoms with Gasteiger partial charge in [-0.1, -0.05) is 19.1 Å². The monoisotopic (exact) mass is 366 g/mol. The second kappa shape index (κ2) is 11.6. The number of para-hydroxylation sites is 1. The van der Waals surface area contributed by atoms with Gasteiger partial charge in [-0.05, 0) is 25.0 Å². The third kappa shape index (κ3) is 8.16. The molecule has 1 unspecified atom stereocenters. The van der Waals surface area contributed by atoms with Gasteiger partial charge >= 0.3 is 0 Å². The third-order valence-electron chi connectivity index (χ3n) is 3.43. The first-order chi connectivity index (χ1) is 12.0. The van der Waals surface area contributed by atoms with Crippen LogP contribution in [0.5, 0.6) is 5.75 Å². The standard InChI is InChI=1S/C18H30N4O2S/c1-6-19-18(21-12-17(23)22(3)4)20-11-14(2)13-25-16-10-8-7-9-15(16)24-5/h7-10,14H,6,11-13H2,1-5H3,(H2,19,20,21). The normalized spacial score (nSPS) is 12.4. The summed E-state index contributed by atoms with van der Waals surface area (Å²) in [4.78, 5) is 18.7. The first-order valence-electron chi connectivity index (χ1n) is 8.46. The highest BCUT2D eigenvalue weighted by Crippen LogP contribution is 2.29. The predicted molar refractivity (Wildman–Crippen MR) is 106 cm³/mol. The Hall–Kier alpha value is -1.89. The number of guanidine groups is 1. The maximum absolute atomic E-state index is 11.7. The number of likely N-dealkylation sites (N-methyl/N-ethyl adjacent to an activating group) is 1. The number of thioether (sulfide) groups is 1. The van der Waals surface area contributed by atoms with Crippen molar-refractivity contribution in [3.05, 3.63) is 24.3 Å². The summed E-state index contributed by atoms with van der Waals surface area (Å²) in [6.45, 7) is 5.87. The molecule has 1 aromatic carbocycles. The van der Waals surface area contributed by atoms with Gasteiger partial charge in [-0.15, -0.1) is 11.8 Å². The van der Waals surface area contributed by atoms with Crippen LogP contribution < -0.4 is 15.4 Å². The van der Waals surface area contributed by atoms with E-state index in [2.05, 4.69) is 28.6 Å². The van der Waals surface area contributed by atoms with Gasteiger partial charge < -0.3 is 20.3 Å². The molecule has 7 heteroatoms. The molecule has 0 spiro atoms. The number of aliphatic imine (C=N–C) groups is 1. The Labute approximate surface area is 155 Å². The zero-order valence-electron chi connectivity index (χ0n) is 15.8. The Morgan fingerprint density at radius 2 is 2.04 bits per heavy atom. The highest BCUT2D eigenvalue weighted by atomic mass is 32.2. The summed E-state index contributed by atoms with van der Waals surface area (Å²) in [7, 11) is 5.16. The number of nitrogens with zero attached hydrogens (tertiary/aromatic N) is 2. The molecule has 2 N–H and O–H groups in total. The molecule has 0 aliphatic heterocycles. The molecule has 1 atom stereocenters. The lowest BCUT2D eigenvalue weighted by Crippen LogP contribution is -2.40. The minimum atomic E-state index is -0.0167. The minimum absolute atomic E-state index is 0.0167. The van der Waals surface area contributed by atoms with E-state index in [9.17, 15) is 4.79 Å². The van der Waals surface area contributed by atoms with Crippen LogP contribution >= 0.6 is 11.8 Å². The van der Waals surface area contributed by atoms with Crippen LogP contribution in [-0.4, -0.2) is 63.4 Å². The summed E-state index contributed by atoms with van der Waals surface area (Å²) < 4.78 is 5.38. The van der Waals surface area contributed by atoms with Crippen molar-refractivity contribution in [2.45, 2.75) is 18.7 Å². The molecule has 0 saturated carbocycles. The Kier molecular flexibility index (Phi) is 9.84. The van der Waals surface area contributed by atoms with Gasteiger partial charge in [-0.25, -0.2) is 4.99 Å². The average Bonchev–Trinajstić information content (AvgIpc) is 2.61. The third-order valence-corrected chi connectivity index (χ3v) is 4.81. The van der Waals surface area contributed by atoms with E-state index in [0.717, 1.165) is 29.5 Å². The molecule has 0 radical (unpaired) electrons. The van der Waals surface area contributed by atoms with Crippen LogP contribution in [0, 0.1) is 5.92 Å². The largest absolute Gasteiger partial charge is 0.496 e. The molecule has 25 heavy (non-hydrogen) atoms. The summed E-state index contributed by atoms with van der Waals surface area (Å²) in [6, 6.07) is 8.04. The minimum Gasteiger partial charge on any atom is -0.496 e. The zero-order chi connectivity index (χ0) is 18.7. The highest BCUT2D eigenvalue weighted by Gasteiger charge is 2.09. The van der Waals surface area contributed by atoms with Gasteiger partial charge in [0.2, 0.25) is 5.91 Å². The number of rotatable bonds is 9. The average molecular weight is 367 g/mol. The van der Waals surface area contributed by atoms with E-state index in [1.54, 1.807) is 37.9 Å². The van der Waals surface area contributed by atoms with E-state index in [1.807, 2.05) is 25.1 Å². The van der Waals surface area contributed by atoms with E-state index >= 15 is 0 Å². The van der Waals surface area contributed by atoms with Crippen molar-refractivity contribution in [2.24, 2.45) is 10.9 Å². The molecule has 1 amide bonds. The molecule has 1 rings (SSSR count). The summed E-state index contributed by atoms with van der Waals surface area (Å²) >= 11 is 1.78. The van der Waals surface area contributed by atoms with E-state index < -0.39 is 0 Å². The number of hydrogen-bond acceptors (Lipinski definition) is 4. The van der Waals surface area contributed by atoms with E-state index in [0.29, 0.717) is 11.9 Å². The number of ether oxygens (including phenoxy) is 1. The Bertz CT molecular complexity index is 564. The predicted octanol–water partition coefficient (Wildman–Crippen LogP) is 2.07. The van der Waals surface area contributed by atoms with Crippen molar-refractivity contribution in [1.29, 1.82) is 0 Å². The summed E-state index contributed by atoms with van der Waals surface area (Å²) in [5, 5.41) is 6.47. The molecule has 1 aromatic rings. The molecule has 0 bridgehead atoms. The Balaban J connectivity index is 2.47. The molecule has 0 aromatic heterocycles. The van der Waals surface area contributed by atoms with E-state index in [1.165, 1.54) is 0 Å². The topological polar surface area (TPSA) is 66.0 Å². The SMILES string of the molecule is CCNC(=NCC(=O)N(C)C)NCC(C)CSc1ccccc1OC. The van der Waals surface area contributed by atoms with E-state index in [-0.39, 0.29) is 12.5 Å². The van der Waals surface area contributed by atoms with Crippen molar-refractivity contribution >= 4 is 23.6 Å². The van der Waals surface area contributed by atoms with Crippen LogP contribution in [-0.2, 0) is 4.79 Å². The van der Waals surface area contributed by atoms with Gasteiger partial charge in [-0.3, -0.25) is 4.79 Å². The molecule has 0 heterocycles. The summed E-state index contributed by atoms with van der Waals surface area (Å²) in [5.74, 6) is 2.96. The smallest absolute Gasteiger partial charge is 0.243 e. The number of amides is 1. The zero-order valence-corrected chi connectivity index (χ0v) is 16.7. The maximum Gasteiger partial charge on any atom is 0.243 e. The van der Waals surface area contributed by atoms with Gasteiger partial charge in [0.25, 0.3) is 0 Å². The summed E-state index contributed by atoms with van der Waals surface area (Å²) in [6.07, 6.45) is 0. The number of carbonyl (C=O) groups excluding carboxylic acids is 1. The van der Waals surface area contributed by atoms with Crippen LogP contribution in [0.3, 0.4) is 0 Å². The van der Waals surface area contributed by atoms with Crippen LogP contribution in [0.15, 0.2) is 34.2 Å². The fourth-order valence-electron chi connectivity index (χ4n) is 1.93. The molecule has 140 valence electrons. The van der Waals surface area contributed by atoms with Gasteiger partial charge in [0.15, 0.2) is 5.96 Å². The Morgan fingerprint density at radius 3 is 2.68 bits per heavy atom. The lowest BCUT2D eigenvalue weighted by molar-refractivity contribution is -0.127. The quantitative estimate of drug-likeness (QED) is 0.398. The van der Waals surface area contributed by atoms with Gasteiger partial charge in [0.1, 0.15) is 12.3 Å². The molecule has 6 nitrogen and oxygen atoms in total. The van der Waals surface area contributed by atoms with E-state index in [4.69, 9.17) is 4.74 Å². The van der Waals surface area contributed by atoms with Crippen molar-refractivity contribution in [2.75, 3.05) is 46.6 Å². The second-order valence-corrected chi connectivity index (χ2v) is 6.99. The number of nitrogens with one attached hydrogen (secondary N) is 2. The number of benzene rings is 1. The summed E-state index contributed by atoms with van der Waals surface area (Å²) in [5.41, 5.74) is 0. The molecular formula is C18H30N4O2S. The number of hydrogen-bond donors (Lipinski definition) is 2. The van der Waals surface area contributed by atoms with Gasteiger partial charge in [0, 0.05) is 37.8 Å². The lowest BCUT2D eigenvalue weighted by Gasteiger charge is -2.16. The van der Waals surface area contributed by atoms with Crippen molar-refractivity contribution in [3.8, 4) is 5.75 Å². The van der Waals surface area contributed by atoms with Crippen LogP contribution in [0.4, 0.5) is 0 Å². The molecule has 0 fully saturated rings. The lowest BCUT2D eigenvalue weighted by atomic mass is 10.2. The molecule has 0 aliphatic carbocycles. The molecule has 0 saturated heterocycles. The van der Waals surface area contributed by atoms with Crippen LogP contribution in [0.1, 0.15) is 13.8 Å².